The summed E-state index contributed by atoms with van der Waals surface area (Å²) < 4.78 is 40.3. The molecule has 2 aliphatic rings. The minimum Gasteiger partial charge on any atom is -0.330 e. The molecule has 1 saturated carbocycles. The van der Waals surface area contributed by atoms with Crippen LogP contribution in [0.4, 0.5) is 13.2 Å². The van der Waals surface area contributed by atoms with Crippen molar-refractivity contribution >= 4 is 11.6 Å². The van der Waals surface area contributed by atoms with Crippen molar-refractivity contribution in [2.75, 3.05) is 13.1 Å². The third-order valence-electron chi connectivity index (χ3n) is 6.78. The quantitative estimate of drug-likeness (QED) is 0.543. The predicted octanol–water partition coefficient (Wildman–Crippen LogP) is 5.69. The Balaban J connectivity index is 1.49. The number of nitrogens with two attached hydrogens (primary N) is 1. The number of aromatic nitrogens is 2. The Labute approximate surface area is 192 Å². The van der Waals surface area contributed by atoms with Gasteiger partial charge in [-0.05, 0) is 74.2 Å². The monoisotopic (exact) mass is 466 g/mol. The highest BCUT2D eigenvalue weighted by Gasteiger charge is 2.40. The standard InChI is InChI=1S/C24H30ClF3N4/c1-2-19(9-8-17(13-29)16-4-3-5-18(25)12-16)32-11-10-20-21(14-32)30-23(24(26,27)28)31-22(20)15-6-7-15/h3-5,12,15,17,19H,2,6-11,13-14,29H2,1H3/t17-,19+/m0/s1. The third-order valence-corrected chi connectivity index (χ3v) is 7.02. The second-order valence-corrected chi connectivity index (χ2v) is 9.41. The Morgan fingerprint density at radius 3 is 2.62 bits per heavy atom. The van der Waals surface area contributed by atoms with Crippen molar-refractivity contribution in [2.45, 2.75) is 76.0 Å². The van der Waals surface area contributed by atoms with Crippen LogP contribution in [0.1, 0.15) is 79.2 Å². The van der Waals surface area contributed by atoms with Gasteiger partial charge in [0, 0.05) is 30.1 Å². The van der Waals surface area contributed by atoms with Crippen LogP contribution >= 0.6 is 11.6 Å². The van der Waals surface area contributed by atoms with Crippen LogP contribution < -0.4 is 5.73 Å². The third kappa shape index (κ3) is 5.26. The molecule has 32 heavy (non-hydrogen) atoms. The van der Waals surface area contributed by atoms with E-state index in [2.05, 4.69) is 27.9 Å². The first kappa shape index (κ1) is 23.5. The van der Waals surface area contributed by atoms with Crippen LogP contribution in [0.15, 0.2) is 24.3 Å². The fourth-order valence-corrected chi connectivity index (χ4v) is 5.03. The van der Waals surface area contributed by atoms with E-state index in [-0.39, 0.29) is 17.9 Å². The zero-order valence-electron chi connectivity index (χ0n) is 18.3. The molecule has 4 rings (SSSR count). The molecule has 0 radical (unpaired) electrons. The van der Waals surface area contributed by atoms with Crippen LogP contribution in [-0.4, -0.2) is 34.0 Å². The van der Waals surface area contributed by atoms with Gasteiger partial charge in [-0.3, -0.25) is 4.90 Å². The molecule has 2 N–H and O–H groups in total. The number of hydrogen-bond donors (Lipinski definition) is 1. The summed E-state index contributed by atoms with van der Waals surface area (Å²) in [4.78, 5) is 10.2. The molecule has 174 valence electrons. The molecule has 0 spiro atoms. The van der Waals surface area contributed by atoms with E-state index in [1.165, 1.54) is 0 Å². The first-order valence-electron chi connectivity index (χ1n) is 11.5. The van der Waals surface area contributed by atoms with Crippen LogP contribution in [0.3, 0.4) is 0 Å². The van der Waals surface area contributed by atoms with Crippen LogP contribution in [0.25, 0.3) is 0 Å². The summed E-state index contributed by atoms with van der Waals surface area (Å²) >= 11 is 6.15. The molecule has 8 heteroatoms. The summed E-state index contributed by atoms with van der Waals surface area (Å²) in [6.07, 6.45) is 0.796. The number of benzene rings is 1. The van der Waals surface area contributed by atoms with Gasteiger partial charge >= 0.3 is 6.18 Å². The highest BCUT2D eigenvalue weighted by atomic mass is 35.5. The van der Waals surface area contributed by atoms with Crippen LogP contribution in [0, 0.1) is 0 Å². The molecule has 1 aromatic heterocycles. The molecule has 1 aliphatic carbocycles. The summed E-state index contributed by atoms with van der Waals surface area (Å²) in [7, 11) is 0. The highest BCUT2D eigenvalue weighted by molar-refractivity contribution is 6.30. The maximum atomic E-state index is 13.4. The molecular weight excluding hydrogens is 437 g/mol. The average molecular weight is 467 g/mol. The van der Waals surface area contributed by atoms with E-state index >= 15 is 0 Å². The molecule has 0 bridgehead atoms. The zero-order chi connectivity index (χ0) is 22.9. The van der Waals surface area contributed by atoms with Gasteiger partial charge in [0.15, 0.2) is 0 Å². The molecule has 0 amide bonds. The second kappa shape index (κ2) is 9.65. The molecule has 1 aromatic carbocycles. The van der Waals surface area contributed by atoms with E-state index in [1.54, 1.807) is 0 Å². The lowest BCUT2D eigenvalue weighted by molar-refractivity contribution is -0.145. The normalized spacial score (nSPS) is 18.9. The zero-order valence-corrected chi connectivity index (χ0v) is 19.1. The lowest BCUT2D eigenvalue weighted by atomic mass is 9.90. The first-order valence-corrected chi connectivity index (χ1v) is 11.8. The lowest BCUT2D eigenvalue weighted by Crippen LogP contribution is -2.40. The minimum absolute atomic E-state index is 0.171. The van der Waals surface area contributed by atoms with Crippen LogP contribution in [0.5, 0.6) is 0 Å². The molecule has 2 heterocycles. The molecule has 0 unspecified atom stereocenters. The van der Waals surface area contributed by atoms with Crippen LogP contribution in [-0.2, 0) is 19.1 Å². The van der Waals surface area contributed by atoms with Crippen molar-refractivity contribution in [2.24, 2.45) is 5.73 Å². The van der Waals surface area contributed by atoms with Crippen LogP contribution in [0.2, 0.25) is 5.02 Å². The predicted molar refractivity (Wildman–Crippen MR) is 120 cm³/mol. The van der Waals surface area contributed by atoms with E-state index in [9.17, 15) is 13.2 Å². The maximum absolute atomic E-state index is 13.4. The summed E-state index contributed by atoms with van der Waals surface area (Å²) in [6.45, 7) is 3.94. The summed E-state index contributed by atoms with van der Waals surface area (Å²) in [5.74, 6) is -0.609. The van der Waals surface area contributed by atoms with Gasteiger partial charge in [0.1, 0.15) is 0 Å². The van der Waals surface area contributed by atoms with Gasteiger partial charge in [-0.1, -0.05) is 30.7 Å². The number of nitrogens with zero attached hydrogens (tertiary/aromatic N) is 3. The van der Waals surface area contributed by atoms with Crippen molar-refractivity contribution in [3.8, 4) is 0 Å². The number of rotatable bonds is 8. The first-order chi connectivity index (χ1) is 15.3. The highest BCUT2D eigenvalue weighted by Crippen LogP contribution is 2.43. The molecule has 2 atom stereocenters. The number of halogens is 4. The largest absolute Gasteiger partial charge is 0.451 e. The Kier molecular flexibility index (Phi) is 7.08. The van der Waals surface area contributed by atoms with Crippen molar-refractivity contribution < 1.29 is 13.2 Å². The molecule has 0 saturated heterocycles. The van der Waals surface area contributed by atoms with Crippen molar-refractivity contribution in [1.82, 2.24) is 14.9 Å². The topological polar surface area (TPSA) is 55.0 Å². The Morgan fingerprint density at radius 1 is 1.22 bits per heavy atom. The second-order valence-electron chi connectivity index (χ2n) is 8.98. The minimum atomic E-state index is -4.52. The molecule has 4 nitrogen and oxygen atoms in total. The van der Waals surface area contributed by atoms with Gasteiger partial charge in [0.2, 0.25) is 5.82 Å². The average Bonchev–Trinajstić information content (AvgIpc) is 3.60. The van der Waals surface area contributed by atoms with Gasteiger partial charge in [0.05, 0.1) is 11.4 Å². The van der Waals surface area contributed by atoms with Gasteiger partial charge < -0.3 is 5.73 Å². The Morgan fingerprint density at radius 2 is 2.00 bits per heavy atom. The van der Waals surface area contributed by atoms with Gasteiger partial charge in [-0.2, -0.15) is 13.2 Å². The fourth-order valence-electron chi connectivity index (χ4n) is 4.83. The molecule has 1 aliphatic heterocycles. The fraction of sp³-hybridized carbons (Fsp3) is 0.583. The maximum Gasteiger partial charge on any atom is 0.451 e. The lowest BCUT2D eigenvalue weighted by Gasteiger charge is -2.36. The summed E-state index contributed by atoms with van der Waals surface area (Å²) in [5.41, 5.74) is 9.33. The van der Waals surface area contributed by atoms with Gasteiger partial charge in [0.25, 0.3) is 0 Å². The van der Waals surface area contributed by atoms with Crippen molar-refractivity contribution in [1.29, 1.82) is 0 Å². The Bertz CT molecular complexity index is 945. The van der Waals surface area contributed by atoms with Crippen molar-refractivity contribution in [3.05, 3.63) is 57.6 Å². The summed E-state index contributed by atoms with van der Waals surface area (Å²) in [6, 6.07) is 8.08. The summed E-state index contributed by atoms with van der Waals surface area (Å²) in [5, 5.41) is 0.701. The number of hydrogen-bond acceptors (Lipinski definition) is 4. The Hall–Kier alpha value is -1.70. The van der Waals surface area contributed by atoms with E-state index in [4.69, 9.17) is 17.3 Å². The molecule has 2 aromatic rings. The van der Waals surface area contributed by atoms with Gasteiger partial charge in [-0.25, -0.2) is 9.97 Å². The molecular formula is C24H30ClF3N4. The van der Waals surface area contributed by atoms with E-state index in [1.807, 2.05) is 18.2 Å². The van der Waals surface area contributed by atoms with Crippen molar-refractivity contribution in [3.63, 3.8) is 0 Å². The number of fused-ring (bicyclic) bond motifs is 1. The smallest absolute Gasteiger partial charge is 0.330 e. The van der Waals surface area contributed by atoms with Gasteiger partial charge in [-0.15, -0.1) is 0 Å². The SMILES string of the molecule is CC[C@H](CC[C@@H](CN)c1cccc(Cl)c1)N1CCc2c(nc(C(F)(F)F)nc2C2CC2)C1. The number of alkyl halides is 3. The van der Waals surface area contributed by atoms with E-state index < -0.39 is 12.0 Å². The van der Waals surface area contributed by atoms with E-state index in [0.29, 0.717) is 35.9 Å². The van der Waals surface area contributed by atoms with E-state index in [0.717, 1.165) is 49.8 Å². The molecule has 1 fully saturated rings.